The number of hydrogen-bond acceptors (Lipinski definition) is 3. The summed E-state index contributed by atoms with van der Waals surface area (Å²) >= 11 is 3.53. The van der Waals surface area contributed by atoms with Crippen molar-refractivity contribution in [1.82, 2.24) is 0 Å². The van der Waals surface area contributed by atoms with Gasteiger partial charge in [-0.2, -0.15) is 0 Å². The third kappa shape index (κ3) is 1.84. The summed E-state index contributed by atoms with van der Waals surface area (Å²) in [4.78, 5) is 12.1. The first-order valence-electron chi connectivity index (χ1n) is 5.91. The summed E-state index contributed by atoms with van der Waals surface area (Å²) in [5, 5.41) is 0. The number of benzene rings is 1. The van der Waals surface area contributed by atoms with Crippen molar-refractivity contribution < 1.29 is 14.3 Å². The minimum atomic E-state index is 0.175. The molecule has 0 fully saturated rings. The van der Waals surface area contributed by atoms with Crippen LogP contribution in [0.3, 0.4) is 0 Å². The van der Waals surface area contributed by atoms with E-state index in [-0.39, 0.29) is 5.78 Å². The molecule has 0 atom stereocenters. The Morgan fingerprint density at radius 3 is 2.82 bits per heavy atom. The maximum absolute atomic E-state index is 12.1. The van der Waals surface area contributed by atoms with Gasteiger partial charge in [0.05, 0.1) is 18.8 Å². The first kappa shape index (κ1) is 11.1. The molecule has 0 saturated carbocycles. The van der Waals surface area contributed by atoms with Crippen molar-refractivity contribution in [2.24, 2.45) is 0 Å². The molecule has 3 rings (SSSR count). The van der Waals surface area contributed by atoms with Crippen LogP contribution < -0.4 is 9.47 Å². The molecular weight excluding hydrogens is 284 g/mol. The van der Waals surface area contributed by atoms with E-state index in [2.05, 4.69) is 15.9 Å². The van der Waals surface area contributed by atoms with Gasteiger partial charge in [-0.05, 0) is 24.5 Å². The molecule has 0 amide bonds. The number of Topliss-reactive ketones (excluding diaryl/α,β-unsaturated/α-hetero) is 1. The van der Waals surface area contributed by atoms with Crippen LogP contribution in [0.2, 0.25) is 0 Å². The fourth-order valence-electron chi connectivity index (χ4n) is 2.40. The lowest BCUT2D eigenvalue weighted by atomic mass is 9.89. The molecule has 0 N–H and O–H groups in total. The van der Waals surface area contributed by atoms with Crippen molar-refractivity contribution in [1.29, 1.82) is 0 Å². The third-order valence-corrected chi connectivity index (χ3v) is 3.91. The predicted molar refractivity (Wildman–Crippen MR) is 67.0 cm³/mol. The second-order valence-corrected chi connectivity index (χ2v) is 5.22. The lowest BCUT2D eigenvalue weighted by Gasteiger charge is -2.21. The number of rotatable bonds is 0. The maximum atomic E-state index is 12.1. The van der Waals surface area contributed by atoms with Gasteiger partial charge in [-0.15, -0.1) is 0 Å². The van der Waals surface area contributed by atoms with Crippen molar-refractivity contribution in [2.75, 3.05) is 13.2 Å². The highest BCUT2D eigenvalue weighted by Crippen LogP contribution is 2.42. The average molecular weight is 297 g/mol. The fraction of sp³-hybridized carbons (Fsp3) is 0.462. The Labute approximate surface area is 108 Å². The Balaban J connectivity index is 2.22. The van der Waals surface area contributed by atoms with E-state index in [9.17, 15) is 4.79 Å². The average Bonchev–Trinajstić information content (AvgIpc) is 2.55. The molecule has 4 heteroatoms. The van der Waals surface area contributed by atoms with Crippen molar-refractivity contribution in [3.8, 4) is 11.5 Å². The molecule has 90 valence electrons. The van der Waals surface area contributed by atoms with Crippen LogP contribution in [0.25, 0.3) is 0 Å². The molecule has 0 aromatic heterocycles. The normalized spacial score (nSPS) is 18.5. The zero-order valence-corrected chi connectivity index (χ0v) is 11.0. The van der Waals surface area contributed by atoms with Gasteiger partial charge in [-0.1, -0.05) is 15.9 Å². The first-order valence-corrected chi connectivity index (χ1v) is 6.71. The number of halogens is 1. The van der Waals surface area contributed by atoms with Crippen LogP contribution in [0, 0.1) is 0 Å². The molecule has 1 aromatic carbocycles. The third-order valence-electron chi connectivity index (χ3n) is 3.20. The van der Waals surface area contributed by atoms with Crippen LogP contribution in [0.5, 0.6) is 11.5 Å². The van der Waals surface area contributed by atoms with E-state index in [4.69, 9.17) is 9.47 Å². The second-order valence-electron chi connectivity index (χ2n) is 4.37. The first-order chi connectivity index (χ1) is 8.27. The van der Waals surface area contributed by atoms with Gasteiger partial charge < -0.3 is 9.47 Å². The van der Waals surface area contributed by atoms with Gasteiger partial charge in [0.15, 0.2) is 17.3 Å². The molecule has 17 heavy (non-hydrogen) atoms. The molecule has 0 spiro atoms. The van der Waals surface area contributed by atoms with Gasteiger partial charge >= 0.3 is 0 Å². The smallest absolute Gasteiger partial charge is 0.172 e. The summed E-state index contributed by atoms with van der Waals surface area (Å²) in [6.45, 7) is 1.26. The lowest BCUT2D eigenvalue weighted by Crippen LogP contribution is -2.14. The summed E-state index contributed by atoms with van der Waals surface area (Å²) in [7, 11) is 0. The van der Waals surface area contributed by atoms with Gasteiger partial charge in [0.1, 0.15) is 0 Å². The van der Waals surface area contributed by atoms with E-state index in [1.807, 2.05) is 6.07 Å². The van der Waals surface area contributed by atoms with Crippen molar-refractivity contribution in [3.05, 3.63) is 21.7 Å². The Morgan fingerprint density at radius 2 is 1.94 bits per heavy atom. The van der Waals surface area contributed by atoms with Gasteiger partial charge in [-0.3, -0.25) is 4.79 Å². The zero-order valence-electron chi connectivity index (χ0n) is 9.42. The number of carbonyl (C=O) groups excluding carboxylic acids is 1. The molecule has 1 aromatic rings. The van der Waals surface area contributed by atoms with E-state index in [0.717, 1.165) is 34.9 Å². The molecule has 1 heterocycles. The van der Waals surface area contributed by atoms with Crippen molar-refractivity contribution in [3.63, 3.8) is 0 Å². The summed E-state index contributed by atoms with van der Waals surface area (Å²) in [5.41, 5.74) is 1.81. The minimum Gasteiger partial charge on any atom is -0.489 e. The Hall–Kier alpha value is -1.03. The lowest BCUT2D eigenvalue weighted by molar-refractivity contribution is 0.0968. The summed E-state index contributed by atoms with van der Waals surface area (Å²) in [6.07, 6.45) is 3.32. The van der Waals surface area contributed by atoms with Crippen molar-refractivity contribution >= 4 is 21.7 Å². The van der Waals surface area contributed by atoms with Crippen LogP contribution in [0.1, 0.15) is 35.2 Å². The maximum Gasteiger partial charge on any atom is 0.172 e. The number of carbonyl (C=O) groups is 1. The molecule has 0 saturated heterocycles. The van der Waals surface area contributed by atoms with Crippen molar-refractivity contribution in [2.45, 2.75) is 25.7 Å². The largest absolute Gasteiger partial charge is 0.489 e. The van der Waals surface area contributed by atoms with Crippen LogP contribution in [0.4, 0.5) is 0 Å². The molecule has 0 bridgehead atoms. The highest BCUT2D eigenvalue weighted by molar-refractivity contribution is 9.10. The summed E-state index contributed by atoms with van der Waals surface area (Å²) < 4.78 is 12.3. The van der Waals surface area contributed by atoms with Crippen LogP contribution >= 0.6 is 15.9 Å². The Bertz CT molecular complexity index is 482. The van der Waals surface area contributed by atoms with E-state index in [1.165, 1.54) is 0 Å². The molecule has 1 aliphatic carbocycles. The fourth-order valence-corrected chi connectivity index (χ4v) is 3.01. The molecule has 0 unspecified atom stereocenters. The minimum absolute atomic E-state index is 0.175. The van der Waals surface area contributed by atoms with E-state index in [1.54, 1.807) is 0 Å². The number of ether oxygens (including phenoxy) is 2. The summed E-state index contributed by atoms with van der Waals surface area (Å²) in [6, 6.07) is 1.93. The van der Waals surface area contributed by atoms with Crippen LogP contribution in [0.15, 0.2) is 10.5 Å². The van der Waals surface area contributed by atoms with Crippen LogP contribution in [-0.2, 0) is 6.42 Å². The number of ketones is 1. The van der Waals surface area contributed by atoms with Gasteiger partial charge in [-0.25, -0.2) is 0 Å². The zero-order chi connectivity index (χ0) is 11.8. The van der Waals surface area contributed by atoms with E-state index < -0.39 is 0 Å². The SMILES string of the molecule is O=C1CCCc2c(Br)cc3c(c21)OCCCO3. The molecule has 1 aliphatic heterocycles. The number of fused-ring (bicyclic) bond motifs is 3. The standard InChI is InChI=1S/C13H13BrO3/c14-9-7-11-13(17-6-2-5-16-11)12-8(9)3-1-4-10(12)15/h7H,1-6H2. The van der Waals surface area contributed by atoms with E-state index >= 15 is 0 Å². The Kier molecular flexibility index (Phi) is 2.82. The van der Waals surface area contributed by atoms with E-state index in [0.29, 0.717) is 31.1 Å². The molecule has 0 radical (unpaired) electrons. The monoisotopic (exact) mass is 296 g/mol. The second kappa shape index (κ2) is 4.33. The summed E-state index contributed by atoms with van der Waals surface area (Å²) in [5.74, 6) is 1.53. The Morgan fingerprint density at radius 1 is 1.12 bits per heavy atom. The number of hydrogen-bond donors (Lipinski definition) is 0. The predicted octanol–water partition coefficient (Wildman–Crippen LogP) is 3.13. The van der Waals surface area contributed by atoms with Gasteiger partial charge in [0, 0.05) is 17.3 Å². The highest BCUT2D eigenvalue weighted by Gasteiger charge is 2.28. The highest BCUT2D eigenvalue weighted by atomic mass is 79.9. The van der Waals surface area contributed by atoms with Crippen LogP contribution in [-0.4, -0.2) is 19.0 Å². The molecular formula is C13H13BrO3. The topological polar surface area (TPSA) is 35.5 Å². The van der Waals surface area contributed by atoms with Gasteiger partial charge in [0.2, 0.25) is 0 Å². The quantitative estimate of drug-likeness (QED) is 0.738. The van der Waals surface area contributed by atoms with Gasteiger partial charge in [0.25, 0.3) is 0 Å². The molecule has 3 nitrogen and oxygen atoms in total. The molecule has 2 aliphatic rings.